The molecule has 6 nitrogen and oxygen atoms in total. The second kappa shape index (κ2) is 8.67. The normalized spacial score (nSPS) is 22.0. The minimum Gasteiger partial charge on any atom is -0.548 e. The van der Waals surface area contributed by atoms with Crippen molar-refractivity contribution in [3.63, 3.8) is 0 Å². The molecule has 1 fully saturated rings. The highest BCUT2D eigenvalue weighted by molar-refractivity contribution is 5.84. The van der Waals surface area contributed by atoms with Crippen LogP contribution in [0.3, 0.4) is 0 Å². The van der Waals surface area contributed by atoms with Crippen LogP contribution < -0.4 is 5.11 Å². The topological polar surface area (TPSA) is 78.9 Å². The zero-order valence-electron chi connectivity index (χ0n) is 19.4. The van der Waals surface area contributed by atoms with Crippen molar-refractivity contribution >= 4 is 12.1 Å². The van der Waals surface area contributed by atoms with Crippen molar-refractivity contribution < 1.29 is 24.2 Å². The van der Waals surface area contributed by atoms with Gasteiger partial charge in [-0.15, -0.1) is 6.58 Å². The van der Waals surface area contributed by atoms with E-state index in [4.69, 9.17) is 9.47 Å². The Morgan fingerprint density at radius 2 is 1.70 bits per heavy atom. The van der Waals surface area contributed by atoms with Gasteiger partial charge in [0.2, 0.25) is 0 Å². The van der Waals surface area contributed by atoms with E-state index in [1.165, 1.54) is 11.0 Å². The van der Waals surface area contributed by atoms with Crippen molar-refractivity contribution in [3.8, 4) is 11.1 Å². The zero-order chi connectivity index (χ0) is 23.8. The lowest BCUT2D eigenvalue weighted by Gasteiger charge is -2.37. The minimum absolute atomic E-state index is 0.0591. The number of hydrogen-bond acceptors (Lipinski definition) is 5. The van der Waals surface area contributed by atoms with Crippen LogP contribution in [0.5, 0.6) is 0 Å². The van der Waals surface area contributed by atoms with Gasteiger partial charge in [0, 0.05) is 12.3 Å². The first-order valence-electron chi connectivity index (χ1n) is 11.3. The number of rotatable bonds is 6. The highest BCUT2D eigenvalue weighted by Gasteiger charge is 2.50. The predicted octanol–water partition coefficient (Wildman–Crippen LogP) is 3.89. The van der Waals surface area contributed by atoms with E-state index < -0.39 is 29.3 Å². The fourth-order valence-electron chi connectivity index (χ4n) is 5.14. The summed E-state index contributed by atoms with van der Waals surface area (Å²) in [5, 5.41) is 12.3. The van der Waals surface area contributed by atoms with Crippen LogP contribution in [0, 0.1) is 0 Å². The molecule has 0 bridgehead atoms. The summed E-state index contributed by atoms with van der Waals surface area (Å²) in [6.45, 7) is 9.63. The van der Waals surface area contributed by atoms with E-state index in [2.05, 4.69) is 18.7 Å². The summed E-state index contributed by atoms with van der Waals surface area (Å²) in [5.74, 6) is -1.43. The number of hydrogen-bond donors (Lipinski definition) is 0. The number of carboxylic acids is 1. The number of aliphatic carboxylic acids is 1. The summed E-state index contributed by atoms with van der Waals surface area (Å²) in [6.07, 6.45) is 0.567. The highest BCUT2D eigenvalue weighted by atomic mass is 16.6. The van der Waals surface area contributed by atoms with Crippen LogP contribution >= 0.6 is 0 Å². The average Bonchev–Trinajstić information content (AvgIpc) is 3.28. The van der Waals surface area contributed by atoms with Crippen molar-refractivity contribution in [1.29, 1.82) is 0 Å². The minimum atomic E-state index is -1.54. The quantitative estimate of drug-likeness (QED) is 0.627. The van der Waals surface area contributed by atoms with Gasteiger partial charge in [-0.1, -0.05) is 54.6 Å². The first-order chi connectivity index (χ1) is 15.7. The lowest BCUT2D eigenvalue weighted by atomic mass is 9.91. The molecule has 4 rings (SSSR count). The largest absolute Gasteiger partial charge is 0.548 e. The molecule has 6 heteroatoms. The molecule has 0 radical (unpaired) electrons. The van der Waals surface area contributed by atoms with Crippen molar-refractivity contribution in [3.05, 3.63) is 72.3 Å². The average molecular weight is 449 g/mol. The Kier molecular flexibility index (Phi) is 6.06. The van der Waals surface area contributed by atoms with Gasteiger partial charge in [0.05, 0.1) is 29.8 Å². The molecule has 0 N–H and O–H groups in total. The Morgan fingerprint density at radius 1 is 1.12 bits per heavy atom. The van der Waals surface area contributed by atoms with Crippen molar-refractivity contribution in [2.45, 2.75) is 56.8 Å². The number of nitrogens with zero attached hydrogens (tertiary/aromatic N) is 1. The third-order valence-corrected chi connectivity index (χ3v) is 6.41. The molecule has 0 saturated carbocycles. The van der Waals surface area contributed by atoms with Crippen molar-refractivity contribution in [2.24, 2.45) is 0 Å². The Labute approximate surface area is 194 Å². The van der Waals surface area contributed by atoms with Crippen molar-refractivity contribution in [1.82, 2.24) is 4.90 Å². The van der Waals surface area contributed by atoms with Crippen LogP contribution in [0.25, 0.3) is 11.1 Å². The van der Waals surface area contributed by atoms with E-state index in [0.717, 1.165) is 22.3 Å². The number of carbonyl (C=O) groups excluding carboxylic acids is 2. The van der Waals surface area contributed by atoms with Gasteiger partial charge >= 0.3 is 6.09 Å². The molecule has 2 aromatic carbocycles. The Hall–Kier alpha value is -3.12. The van der Waals surface area contributed by atoms with Crippen LogP contribution in [-0.2, 0) is 14.3 Å². The summed E-state index contributed by atoms with van der Waals surface area (Å²) in [7, 11) is 0. The summed E-state index contributed by atoms with van der Waals surface area (Å²) < 4.78 is 11.8. The molecule has 33 heavy (non-hydrogen) atoms. The first kappa shape index (κ1) is 23.1. The van der Waals surface area contributed by atoms with Gasteiger partial charge in [-0.05, 0) is 49.4 Å². The molecular formula is C27H30NO5-. The monoisotopic (exact) mass is 448 g/mol. The summed E-state index contributed by atoms with van der Waals surface area (Å²) in [5.41, 5.74) is 2.43. The third-order valence-electron chi connectivity index (χ3n) is 6.41. The van der Waals surface area contributed by atoms with Crippen LogP contribution in [0.2, 0.25) is 0 Å². The maximum absolute atomic E-state index is 13.3. The SMILES string of the molecule is C=CC[C@@]1(C(=O)[O-])C[C@@H](OC(C)(C)C)CN1C(=O)OCC1c2ccccc2-c2ccccc21. The standard InChI is InChI=1S/C27H31NO5/c1-5-14-27(24(29)30)15-18(33-26(2,3)4)16-28(27)25(31)32-17-23-21-12-8-6-10-19(21)20-11-7-9-13-22(20)23/h5-13,18,23H,1,14-17H2,2-4H3,(H,29,30)/p-1/t18-,27+/m1/s1. The smallest absolute Gasteiger partial charge is 0.410 e. The lowest BCUT2D eigenvalue weighted by molar-refractivity contribution is -0.317. The molecule has 1 aliphatic carbocycles. The van der Waals surface area contributed by atoms with Crippen LogP contribution in [0.1, 0.15) is 50.7 Å². The second-order valence-electron chi connectivity index (χ2n) is 9.78. The van der Waals surface area contributed by atoms with Gasteiger partial charge < -0.3 is 19.4 Å². The molecule has 174 valence electrons. The summed E-state index contributed by atoms with van der Waals surface area (Å²) in [6, 6.07) is 16.1. The highest BCUT2D eigenvalue weighted by Crippen LogP contribution is 2.45. The molecule has 1 aliphatic heterocycles. The maximum atomic E-state index is 13.3. The third kappa shape index (κ3) is 4.27. The maximum Gasteiger partial charge on any atom is 0.410 e. The fourth-order valence-corrected chi connectivity index (χ4v) is 5.14. The molecule has 2 aromatic rings. The number of likely N-dealkylation sites (tertiary alicyclic amines) is 1. The molecule has 0 unspecified atom stereocenters. The van der Waals surface area contributed by atoms with Gasteiger partial charge in [-0.2, -0.15) is 0 Å². The van der Waals surface area contributed by atoms with Crippen LogP contribution in [-0.4, -0.2) is 47.4 Å². The number of carboxylic acid groups (broad SMARTS) is 1. The van der Waals surface area contributed by atoms with E-state index >= 15 is 0 Å². The number of benzene rings is 2. The molecule has 1 heterocycles. The van der Waals surface area contributed by atoms with E-state index in [9.17, 15) is 14.7 Å². The van der Waals surface area contributed by atoms with E-state index in [1.807, 2.05) is 57.2 Å². The van der Waals surface area contributed by atoms with Crippen LogP contribution in [0.4, 0.5) is 4.79 Å². The number of ether oxygens (including phenoxy) is 2. The molecular weight excluding hydrogens is 418 g/mol. The molecule has 2 aliphatic rings. The van der Waals surface area contributed by atoms with Gasteiger partial charge in [0.1, 0.15) is 6.61 Å². The Balaban J connectivity index is 1.57. The number of amides is 1. The number of fused-ring (bicyclic) bond motifs is 3. The van der Waals surface area contributed by atoms with Crippen LogP contribution in [0.15, 0.2) is 61.2 Å². The second-order valence-corrected chi connectivity index (χ2v) is 9.78. The van der Waals surface area contributed by atoms with Gasteiger partial charge in [-0.3, -0.25) is 4.90 Å². The first-order valence-corrected chi connectivity index (χ1v) is 11.3. The Bertz CT molecular complexity index is 1030. The van der Waals surface area contributed by atoms with E-state index in [-0.39, 0.29) is 31.9 Å². The molecule has 0 aromatic heterocycles. The van der Waals surface area contributed by atoms with Crippen molar-refractivity contribution in [2.75, 3.05) is 13.2 Å². The molecule has 1 saturated heterocycles. The van der Waals surface area contributed by atoms with Gasteiger partial charge in [0.15, 0.2) is 0 Å². The molecule has 1 amide bonds. The predicted molar refractivity (Wildman–Crippen MR) is 124 cm³/mol. The summed E-state index contributed by atoms with van der Waals surface area (Å²) >= 11 is 0. The lowest BCUT2D eigenvalue weighted by Crippen LogP contribution is -2.58. The van der Waals surface area contributed by atoms with E-state index in [1.54, 1.807) is 0 Å². The van der Waals surface area contributed by atoms with Gasteiger partial charge in [0.25, 0.3) is 0 Å². The Morgan fingerprint density at radius 3 is 2.21 bits per heavy atom. The number of carbonyl (C=O) groups is 2. The summed E-state index contributed by atoms with van der Waals surface area (Å²) in [4.78, 5) is 26.8. The molecule has 2 atom stereocenters. The molecule has 0 spiro atoms. The van der Waals surface area contributed by atoms with E-state index in [0.29, 0.717) is 0 Å². The van der Waals surface area contributed by atoms with Gasteiger partial charge in [-0.25, -0.2) is 4.79 Å². The zero-order valence-corrected chi connectivity index (χ0v) is 19.4. The fraction of sp³-hybridized carbons (Fsp3) is 0.407.